The molecule has 0 fully saturated rings. The molecule has 0 bridgehead atoms. The number of hydrogen-bond acceptors (Lipinski definition) is 0. The first-order valence-electron chi connectivity index (χ1n) is 9.38. The second kappa shape index (κ2) is 10.7. The molecular weight excluding hydrogens is 276 g/mol. The van der Waals surface area contributed by atoms with Crippen molar-refractivity contribution in [2.45, 2.75) is 103 Å². The third kappa shape index (κ3) is 8.91. The number of hydrogen-bond donors (Lipinski definition) is 0. The van der Waals surface area contributed by atoms with E-state index in [0.717, 1.165) is 5.92 Å². The molecule has 0 saturated carbocycles. The fraction of sp³-hybridized carbons (Fsp3) is 0.900. The molecule has 1 heteroatoms. The van der Waals surface area contributed by atoms with Gasteiger partial charge in [-0.1, -0.05) is 57.6 Å². The smallest absolute Gasteiger partial charge is 0.0418 e. The predicted molar refractivity (Wildman–Crippen MR) is 97.1 cm³/mol. The summed E-state index contributed by atoms with van der Waals surface area (Å²) in [6.45, 7) is 6.72. The molecule has 0 radical (unpaired) electrons. The Morgan fingerprint density at radius 2 is 1.76 bits per heavy atom. The van der Waals surface area contributed by atoms with Gasteiger partial charge in [0.1, 0.15) is 0 Å². The number of allylic oxidation sites excluding steroid dienone is 2. The van der Waals surface area contributed by atoms with E-state index >= 15 is 0 Å². The second-order valence-electron chi connectivity index (χ2n) is 7.55. The van der Waals surface area contributed by atoms with Crippen molar-refractivity contribution < 1.29 is 0 Å². The molecule has 0 saturated heterocycles. The van der Waals surface area contributed by atoms with Gasteiger partial charge in [-0.25, -0.2) is 0 Å². The van der Waals surface area contributed by atoms with Crippen LogP contribution in [-0.2, 0) is 0 Å². The first-order chi connectivity index (χ1) is 10.0. The summed E-state index contributed by atoms with van der Waals surface area (Å²) in [5.74, 6) is 1.61. The summed E-state index contributed by atoms with van der Waals surface area (Å²) < 4.78 is 0. The minimum absolute atomic E-state index is 0.0338. The van der Waals surface area contributed by atoms with Crippen molar-refractivity contribution in [2.75, 3.05) is 0 Å². The predicted octanol–water partition coefficient (Wildman–Crippen LogP) is 7.51. The third-order valence-electron chi connectivity index (χ3n) is 5.18. The van der Waals surface area contributed by atoms with Crippen molar-refractivity contribution in [2.24, 2.45) is 11.8 Å². The monoisotopic (exact) mass is 312 g/mol. The Morgan fingerprint density at radius 1 is 1.05 bits per heavy atom. The summed E-state index contributed by atoms with van der Waals surface area (Å²) in [4.78, 5) is -0.0338. The SMILES string of the molecule is CCCCCCCCC(CCC1CC=CCC1)C(C)(C)Cl. The van der Waals surface area contributed by atoms with Crippen molar-refractivity contribution in [3.63, 3.8) is 0 Å². The largest absolute Gasteiger partial charge is 0.120 e. The van der Waals surface area contributed by atoms with Gasteiger partial charge < -0.3 is 0 Å². The van der Waals surface area contributed by atoms with E-state index in [0.29, 0.717) is 5.92 Å². The summed E-state index contributed by atoms with van der Waals surface area (Å²) >= 11 is 6.67. The lowest BCUT2D eigenvalue weighted by molar-refractivity contribution is 0.304. The molecule has 0 amide bonds. The maximum absolute atomic E-state index is 6.67. The highest BCUT2D eigenvalue weighted by molar-refractivity contribution is 6.23. The molecule has 0 aromatic heterocycles. The lowest BCUT2D eigenvalue weighted by Crippen LogP contribution is -2.25. The molecule has 0 aromatic rings. The van der Waals surface area contributed by atoms with Crippen LogP contribution in [0.1, 0.15) is 97.8 Å². The van der Waals surface area contributed by atoms with E-state index < -0.39 is 0 Å². The molecule has 0 nitrogen and oxygen atoms in total. The molecule has 1 rings (SSSR count). The van der Waals surface area contributed by atoms with Gasteiger partial charge in [0.2, 0.25) is 0 Å². The van der Waals surface area contributed by atoms with E-state index in [2.05, 4.69) is 32.9 Å². The molecule has 0 aliphatic heterocycles. The van der Waals surface area contributed by atoms with Crippen LogP contribution < -0.4 is 0 Å². The van der Waals surface area contributed by atoms with E-state index in [9.17, 15) is 0 Å². The van der Waals surface area contributed by atoms with Gasteiger partial charge in [0.05, 0.1) is 0 Å². The zero-order valence-electron chi connectivity index (χ0n) is 14.7. The maximum atomic E-state index is 6.67. The van der Waals surface area contributed by atoms with Crippen molar-refractivity contribution in [3.8, 4) is 0 Å². The number of halogens is 1. The first-order valence-corrected chi connectivity index (χ1v) is 9.75. The van der Waals surface area contributed by atoms with Crippen LogP contribution >= 0.6 is 11.6 Å². The van der Waals surface area contributed by atoms with Crippen molar-refractivity contribution in [3.05, 3.63) is 12.2 Å². The molecule has 0 heterocycles. The van der Waals surface area contributed by atoms with Crippen LogP contribution in [0.3, 0.4) is 0 Å². The van der Waals surface area contributed by atoms with Gasteiger partial charge >= 0.3 is 0 Å². The highest BCUT2D eigenvalue weighted by Crippen LogP contribution is 2.35. The Morgan fingerprint density at radius 3 is 2.38 bits per heavy atom. The molecule has 124 valence electrons. The van der Waals surface area contributed by atoms with E-state index in [-0.39, 0.29) is 4.87 Å². The van der Waals surface area contributed by atoms with Gasteiger partial charge in [0.25, 0.3) is 0 Å². The zero-order chi connectivity index (χ0) is 15.6. The number of alkyl halides is 1. The Balaban J connectivity index is 2.23. The summed E-state index contributed by atoms with van der Waals surface area (Å²) in [5, 5.41) is 0. The second-order valence-corrected chi connectivity index (χ2v) is 8.52. The van der Waals surface area contributed by atoms with Crippen molar-refractivity contribution in [1.82, 2.24) is 0 Å². The Kier molecular flexibility index (Phi) is 9.73. The van der Waals surface area contributed by atoms with E-state index in [1.807, 2.05) is 0 Å². The molecule has 0 N–H and O–H groups in total. The molecule has 0 spiro atoms. The number of rotatable bonds is 11. The van der Waals surface area contributed by atoms with Crippen LogP contribution in [0.4, 0.5) is 0 Å². The van der Waals surface area contributed by atoms with Gasteiger partial charge in [-0.05, 0) is 64.2 Å². The quantitative estimate of drug-likeness (QED) is 0.210. The van der Waals surface area contributed by atoms with Crippen LogP contribution in [-0.4, -0.2) is 4.87 Å². The van der Waals surface area contributed by atoms with Crippen LogP contribution in [0.25, 0.3) is 0 Å². The summed E-state index contributed by atoms with van der Waals surface area (Å²) in [6.07, 6.45) is 21.1. The first kappa shape index (κ1) is 19.1. The van der Waals surface area contributed by atoms with Gasteiger partial charge in [0, 0.05) is 4.87 Å². The van der Waals surface area contributed by atoms with Crippen LogP contribution in [0.15, 0.2) is 12.2 Å². The van der Waals surface area contributed by atoms with Gasteiger partial charge in [-0.2, -0.15) is 0 Å². The lowest BCUT2D eigenvalue weighted by atomic mass is 9.81. The average Bonchev–Trinajstić information content (AvgIpc) is 2.45. The van der Waals surface area contributed by atoms with E-state index in [1.165, 1.54) is 77.0 Å². The van der Waals surface area contributed by atoms with E-state index in [1.54, 1.807) is 0 Å². The Labute approximate surface area is 138 Å². The Hall–Kier alpha value is 0.0300. The van der Waals surface area contributed by atoms with Crippen LogP contribution in [0.2, 0.25) is 0 Å². The summed E-state index contributed by atoms with van der Waals surface area (Å²) in [5.41, 5.74) is 0. The Bertz CT molecular complexity index is 274. The highest BCUT2D eigenvalue weighted by atomic mass is 35.5. The lowest BCUT2D eigenvalue weighted by Gasteiger charge is -2.30. The fourth-order valence-corrected chi connectivity index (χ4v) is 3.78. The average molecular weight is 313 g/mol. The normalized spacial score (nSPS) is 20.7. The minimum Gasteiger partial charge on any atom is -0.120 e. The maximum Gasteiger partial charge on any atom is 0.0418 e. The van der Waals surface area contributed by atoms with Crippen LogP contribution in [0, 0.1) is 11.8 Å². The van der Waals surface area contributed by atoms with Gasteiger partial charge in [-0.15, -0.1) is 11.6 Å². The summed E-state index contributed by atoms with van der Waals surface area (Å²) in [7, 11) is 0. The molecule has 1 aliphatic carbocycles. The zero-order valence-corrected chi connectivity index (χ0v) is 15.4. The van der Waals surface area contributed by atoms with Gasteiger partial charge in [-0.3, -0.25) is 0 Å². The third-order valence-corrected chi connectivity index (χ3v) is 5.49. The van der Waals surface area contributed by atoms with Crippen molar-refractivity contribution in [1.29, 1.82) is 0 Å². The highest BCUT2D eigenvalue weighted by Gasteiger charge is 2.27. The van der Waals surface area contributed by atoms with Gasteiger partial charge in [0.15, 0.2) is 0 Å². The topological polar surface area (TPSA) is 0 Å². The molecule has 2 atom stereocenters. The molecule has 2 unspecified atom stereocenters. The molecular formula is C20H37Cl. The fourth-order valence-electron chi connectivity index (χ4n) is 3.56. The molecule has 21 heavy (non-hydrogen) atoms. The van der Waals surface area contributed by atoms with Crippen molar-refractivity contribution >= 4 is 11.6 Å². The standard InChI is InChI=1S/C20H37Cl/c1-4-5-6-7-8-12-15-19(20(2,3)21)17-16-18-13-10-9-11-14-18/h9-10,18-19H,4-8,11-17H2,1-3H3. The summed E-state index contributed by atoms with van der Waals surface area (Å²) in [6, 6.07) is 0. The molecule has 1 aliphatic rings. The molecule has 0 aromatic carbocycles. The van der Waals surface area contributed by atoms with E-state index in [4.69, 9.17) is 11.6 Å². The number of unbranched alkanes of at least 4 members (excludes halogenated alkanes) is 5. The van der Waals surface area contributed by atoms with Crippen LogP contribution in [0.5, 0.6) is 0 Å². The minimum atomic E-state index is -0.0338.